The molecule has 1 aromatic heterocycles. The fraction of sp³-hybridized carbons (Fsp3) is 0.267. The average Bonchev–Trinajstić information content (AvgIpc) is 2.96. The Morgan fingerprint density at radius 2 is 2.00 bits per heavy atom. The molecular weight excluding hydrogens is 288 g/mol. The summed E-state index contributed by atoms with van der Waals surface area (Å²) in [5, 5.41) is 11.1. The lowest BCUT2D eigenvalue weighted by molar-refractivity contribution is -0.141. The van der Waals surface area contributed by atoms with Crippen LogP contribution in [0.2, 0.25) is 0 Å². The number of thiazole rings is 1. The first-order valence-electron chi connectivity index (χ1n) is 6.48. The van der Waals surface area contributed by atoms with Crippen molar-refractivity contribution in [3.05, 3.63) is 40.7 Å². The highest BCUT2D eigenvalue weighted by molar-refractivity contribution is 7.12. The van der Waals surface area contributed by atoms with Crippen LogP contribution < -0.4 is 0 Å². The molecule has 0 saturated heterocycles. The Balaban J connectivity index is 2.10. The first-order chi connectivity index (χ1) is 9.99. The quantitative estimate of drug-likeness (QED) is 0.921. The molecule has 21 heavy (non-hydrogen) atoms. The molecule has 0 fully saturated rings. The fourth-order valence-electron chi connectivity index (χ4n) is 1.85. The van der Waals surface area contributed by atoms with Gasteiger partial charge in [0.05, 0.1) is 11.6 Å². The fourth-order valence-corrected chi connectivity index (χ4v) is 2.67. The standard InChI is InChI=1S/C15H16N2O3S/c1-10(15(19)20)8-17(2)14(18)13-16-12(9-21-13)11-6-4-3-5-7-11/h3-7,9-10H,8H2,1-2H3,(H,19,20). The molecule has 6 heteroatoms. The maximum atomic E-state index is 12.2. The van der Waals surface area contributed by atoms with Crippen LogP contribution in [0.15, 0.2) is 35.7 Å². The number of rotatable bonds is 5. The lowest BCUT2D eigenvalue weighted by atomic mass is 10.2. The van der Waals surface area contributed by atoms with Gasteiger partial charge in [0.25, 0.3) is 5.91 Å². The molecule has 0 aliphatic rings. The number of aliphatic carboxylic acids is 1. The zero-order chi connectivity index (χ0) is 15.4. The van der Waals surface area contributed by atoms with Crippen molar-refractivity contribution in [2.75, 3.05) is 13.6 Å². The largest absolute Gasteiger partial charge is 0.481 e. The van der Waals surface area contributed by atoms with Crippen LogP contribution in [0.1, 0.15) is 16.7 Å². The van der Waals surface area contributed by atoms with E-state index in [0.717, 1.165) is 11.3 Å². The van der Waals surface area contributed by atoms with Gasteiger partial charge in [-0.05, 0) is 0 Å². The minimum atomic E-state index is -0.918. The Morgan fingerprint density at radius 1 is 1.33 bits per heavy atom. The van der Waals surface area contributed by atoms with Gasteiger partial charge < -0.3 is 10.0 Å². The summed E-state index contributed by atoms with van der Waals surface area (Å²) < 4.78 is 0. The van der Waals surface area contributed by atoms with E-state index in [2.05, 4.69) is 4.98 Å². The monoisotopic (exact) mass is 304 g/mol. The van der Waals surface area contributed by atoms with E-state index in [1.54, 1.807) is 14.0 Å². The molecule has 0 aliphatic carbocycles. The van der Waals surface area contributed by atoms with E-state index < -0.39 is 11.9 Å². The van der Waals surface area contributed by atoms with Crippen molar-refractivity contribution in [3.63, 3.8) is 0 Å². The number of benzene rings is 1. The predicted octanol–water partition coefficient (Wildman–Crippen LogP) is 2.60. The number of hydrogen-bond donors (Lipinski definition) is 1. The second kappa shape index (κ2) is 6.49. The van der Waals surface area contributed by atoms with Crippen LogP contribution in [-0.2, 0) is 4.79 Å². The summed E-state index contributed by atoms with van der Waals surface area (Å²) in [7, 11) is 1.59. The van der Waals surface area contributed by atoms with Crippen molar-refractivity contribution in [2.45, 2.75) is 6.92 Å². The molecule has 0 spiro atoms. The van der Waals surface area contributed by atoms with Crippen LogP contribution in [0.4, 0.5) is 0 Å². The summed E-state index contributed by atoms with van der Waals surface area (Å²) in [6.07, 6.45) is 0. The Kier molecular flexibility index (Phi) is 4.70. The Labute approximate surface area is 126 Å². The summed E-state index contributed by atoms with van der Waals surface area (Å²) >= 11 is 1.27. The number of carboxylic acid groups (broad SMARTS) is 1. The van der Waals surface area contributed by atoms with E-state index in [4.69, 9.17) is 5.11 Å². The summed E-state index contributed by atoms with van der Waals surface area (Å²) in [6.45, 7) is 1.73. The van der Waals surface area contributed by atoms with E-state index >= 15 is 0 Å². The molecule has 0 bridgehead atoms. The van der Waals surface area contributed by atoms with Gasteiger partial charge in [0.1, 0.15) is 0 Å². The molecule has 1 unspecified atom stereocenters. The second-order valence-electron chi connectivity index (χ2n) is 4.83. The third-order valence-corrected chi connectivity index (χ3v) is 3.90. The van der Waals surface area contributed by atoms with Crippen molar-refractivity contribution in [1.29, 1.82) is 0 Å². The highest BCUT2D eigenvalue weighted by atomic mass is 32.1. The molecule has 1 aromatic carbocycles. The zero-order valence-corrected chi connectivity index (χ0v) is 12.6. The van der Waals surface area contributed by atoms with E-state index in [0.29, 0.717) is 5.01 Å². The number of nitrogens with zero attached hydrogens (tertiary/aromatic N) is 2. The average molecular weight is 304 g/mol. The van der Waals surface area contributed by atoms with Gasteiger partial charge in [-0.2, -0.15) is 0 Å². The van der Waals surface area contributed by atoms with Gasteiger partial charge in [-0.3, -0.25) is 9.59 Å². The lowest BCUT2D eigenvalue weighted by Crippen LogP contribution is -2.33. The first kappa shape index (κ1) is 15.2. The van der Waals surface area contributed by atoms with E-state index in [1.165, 1.54) is 16.2 Å². The van der Waals surface area contributed by atoms with Gasteiger partial charge in [0.2, 0.25) is 0 Å². The molecule has 1 atom stereocenters. The van der Waals surface area contributed by atoms with Gasteiger partial charge >= 0.3 is 5.97 Å². The van der Waals surface area contributed by atoms with E-state index in [1.807, 2.05) is 35.7 Å². The molecule has 1 heterocycles. The normalized spacial score (nSPS) is 11.9. The van der Waals surface area contributed by atoms with E-state index in [-0.39, 0.29) is 12.5 Å². The molecule has 0 radical (unpaired) electrons. The van der Waals surface area contributed by atoms with Crippen LogP contribution in [0.3, 0.4) is 0 Å². The maximum absolute atomic E-state index is 12.2. The molecule has 1 amide bonds. The number of carboxylic acids is 1. The van der Waals surface area contributed by atoms with Crippen LogP contribution in [0.25, 0.3) is 11.3 Å². The summed E-state index contributed by atoms with van der Waals surface area (Å²) in [4.78, 5) is 28.8. The van der Waals surface area contributed by atoms with Gasteiger partial charge in [-0.1, -0.05) is 37.3 Å². The number of amides is 1. The topological polar surface area (TPSA) is 70.5 Å². The Bertz CT molecular complexity index is 639. The van der Waals surface area contributed by atoms with Gasteiger partial charge in [-0.15, -0.1) is 11.3 Å². The summed E-state index contributed by atoms with van der Waals surface area (Å²) in [5.74, 6) is -1.78. The predicted molar refractivity (Wildman–Crippen MR) is 81.3 cm³/mol. The number of carbonyl (C=O) groups excluding carboxylic acids is 1. The number of carbonyl (C=O) groups is 2. The highest BCUT2D eigenvalue weighted by Crippen LogP contribution is 2.22. The molecule has 2 rings (SSSR count). The molecule has 1 N–H and O–H groups in total. The van der Waals surface area contributed by atoms with Gasteiger partial charge in [-0.25, -0.2) is 4.98 Å². The van der Waals surface area contributed by atoms with Crippen molar-refractivity contribution < 1.29 is 14.7 Å². The molecule has 110 valence electrons. The maximum Gasteiger partial charge on any atom is 0.308 e. The van der Waals surface area contributed by atoms with Crippen LogP contribution in [0, 0.1) is 5.92 Å². The van der Waals surface area contributed by atoms with Crippen LogP contribution >= 0.6 is 11.3 Å². The van der Waals surface area contributed by atoms with Crippen LogP contribution in [-0.4, -0.2) is 40.5 Å². The third kappa shape index (κ3) is 3.66. The molecule has 0 aliphatic heterocycles. The molecule has 2 aromatic rings. The number of aromatic nitrogens is 1. The minimum absolute atomic E-state index is 0.161. The smallest absolute Gasteiger partial charge is 0.308 e. The minimum Gasteiger partial charge on any atom is -0.481 e. The third-order valence-electron chi connectivity index (χ3n) is 3.07. The molecular formula is C15H16N2O3S. The Hall–Kier alpha value is -2.21. The second-order valence-corrected chi connectivity index (χ2v) is 5.69. The molecule has 5 nitrogen and oxygen atoms in total. The van der Waals surface area contributed by atoms with Gasteiger partial charge in [0.15, 0.2) is 5.01 Å². The first-order valence-corrected chi connectivity index (χ1v) is 7.36. The van der Waals surface area contributed by atoms with Crippen LogP contribution in [0.5, 0.6) is 0 Å². The zero-order valence-electron chi connectivity index (χ0n) is 11.8. The van der Waals surface area contributed by atoms with Gasteiger partial charge in [0, 0.05) is 24.5 Å². The SMILES string of the molecule is CC(CN(C)C(=O)c1nc(-c2ccccc2)cs1)C(=O)O. The molecule has 0 saturated carbocycles. The van der Waals surface area contributed by atoms with Crippen molar-refractivity contribution in [3.8, 4) is 11.3 Å². The van der Waals surface area contributed by atoms with E-state index in [9.17, 15) is 9.59 Å². The lowest BCUT2D eigenvalue weighted by Gasteiger charge is -2.17. The van der Waals surface area contributed by atoms with Crippen molar-refractivity contribution in [1.82, 2.24) is 9.88 Å². The Morgan fingerprint density at radius 3 is 2.62 bits per heavy atom. The van der Waals surface area contributed by atoms with Crippen molar-refractivity contribution in [2.24, 2.45) is 5.92 Å². The highest BCUT2D eigenvalue weighted by Gasteiger charge is 2.21. The summed E-state index contributed by atoms with van der Waals surface area (Å²) in [6, 6.07) is 9.61. The summed E-state index contributed by atoms with van der Waals surface area (Å²) in [5.41, 5.74) is 1.71. The van der Waals surface area contributed by atoms with Crippen molar-refractivity contribution >= 4 is 23.2 Å². The number of hydrogen-bond acceptors (Lipinski definition) is 4.